The van der Waals surface area contributed by atoms with Crippen molar-refractivity contribution in [2.24, 2.45) is 0 Å². The summed E-state index contributed by atoms with van der Waals surface area (Å²) in [6.07, 6.45) is 1.29. The normalized spacial score (nSPS) is 13.7. The van der Waals surface area contributed by atoms with Crippen LogP contribution in [-0.2, 0) is 17.8 Å². The minimum atomic E-state index is -0.558. The van der Waals surface area contributed by atoms with Crippen molar-refractivity contribution in [2.45, 2.75) is 39.5 Å². The molecule has 0 spiro atoms. The summed E-state index contributed by atoms with van der Waals surface area (Å²) in [5.74, 6) is 0. The highest BCUT2D eigenvalue weighted by Gasteiger charge is 2.30. The number of carbonyl (C=O) groups is 1. The van der Waals surface area contributed by atoms with Gasteiger partial charge in [-0.3, -0.25) is 15.0 Å². The van der Waals surface area contributed by atoms with E-state index in [2.05, 4.69) is 5.10 Å². The van der Waals surface area contributed by atoms with E-state index < -0.39 is 10.5 Å². The molecule has 1 aromatic heterocycles. The van der Waals surface area contributed by atoms with Gasteiger partial charge < -0.3 is 4.74 Å². The molecule has 126 valence electrons. The van der Waals surface area contributed by atoms with E-state index in [4.69, 9.17) is 4.74 Å². The fourth-order valence-electron chi connectivity index (χ4n) is 2.57. The van der Waals surface area contributed by atoms with E-state index in [-0.39, 0.29) is 11.8 Å². The molecule has 0 aliphatic carbocycles. The van der Waals surface area contributed by atoms with Crippen LogP contribution in [-0.4, -0.2) is 31.3 Å². The number of nitro benzene ring substituents is 1. The van der Waals surface area contributed by atoms with Gasteiger partial charge in [0.1, 0.15) is 5.60 Å². The van der Waals surface area contributed by atoms with Crippen molar-refractivity contribution in [3.63, 3.8) is 0 Å². The maximum absolute atomic E-state index is 12.2. The summed E-state index contributed by atoms with van der Waals surface area (Å²) in [7, 11) is 0. The number of nitrogens with zero attached hydrogens (tertiary/aromatic N) is 4. The number of rotatable bonds is 2. The van der Waals surface area contributed by atoms with Gasteiger partial charge in [-0.1, -0.05) is 6.07 Å². The van der Waals surface area contributed by atoms with Gasteiger partial charge in [0.25, 0.3) is 5.69 Å². The highest BCUT2D eigenvalue weighted by atomic mass is 16.6. The monoisotopic (exact) mass is 330 g/mol. The molecular weight excluding hydrogens is 312 g/mol. The number of amides is 1. The van der Waals surface area contributed by atoms with E-state index in [1.807, 2.05) is 20.8 Å². The lowest BCUT2D eigenvalue weighted by Gasteiger charge is -2.24. The second-order valence-corrected chi connectivity index (χ2v) is 6.64. The molecule has 0 radical (unpaired) electrons. The smallest absolute Gasteiger partial charge is 0.410 e. The first-order valence-electron chi connectivity index (χ1n) is 7.53. The van der Waals surface area contributed by atoms with Gasteiger partial charge in [0, 0.05) is 17.7 Å². The molecule has 1 aliphatic heterocycles. The van der Waals surface area contributed by atoms with Crippen molar-refractivity contribution >= 4 is 11.8 Å². The Labute approximate surface area is 138 Å². The van der Waals surface area contributed by atoms with E-state index >= 15 is 0 Å². The topological polar surface area (TPSA) is 90.5 Å². The molecule has 0 atom stereocenters. The summed E-state index contributed by atoms with van der Waals surface area (Å²) >= 11 is 0. The predicted octanol–water partition coefficient (Wildman–Crippen LogP) is 3.03. The summed E-state index contributed by atoms with van der Waals surface area (Å²) < 4.78 is 7.02. The fourth-order valence-corrected chi connectivity index (χ4v) is 2.57. The van der Waals surface area contributed by atoms with Crippen molar-refractivity contribution in [2.75, 3.05) is 0 Å². The van der Waals surface area contributed by atoms with Gasteiger partial charge in [0.2, 0.25) is 0 Å². The molecule has 0 saturated carbocycles. The second-order valence-electron chi connectivity index (χ2n) is 6.64. The Kier molecular flexibility index (Phi) is 3.75. The van der Waals surface area contributed by atoms with Gasteiger partial charge in [0.15, 0.2) is 0 Å². The fraction of sp³-hybridized carbons (Fsp3) is 0.375. The number of benzene rings is 1. The Morgan fingerprint density at radius 2 is 2.08 bits per heavy atom. The zero-order chi connectivity index (χ0) is 17.5. The molecular formula is C16H18N4O4. The largest absolute Gasteiger partial charge is 0.444 e. The van der Waals surface area contributed by atoms with Gasteiger partial charge in [-0.15, -0.1) is 0 Å². The van der Waals surface area contributed by atoms with Crippen molar-refractivity contribution in [1.29, 1.82) is 0 Å². The van der Waals surface area contributed by atoms with Gasteiger partial charge in [-0.25, -0.2) is 9.48 Å². The van der Waals surface area contributed by atoms with Crippen LogP contribution in [0.25, 0.3) is 5.69 Å². The SMILES string of the molecule is CC(C)(C)OC(=O)N1Cc2cnn(-c3cccc([N+](=O)[O-])c3)c2C1. The van der Waals surface area contributed by atoms with E-state index in [0.29, 0.717) is 18.8 Å². The third-order valence-corrected chi connectivity index (χ3v) is 3.59. The number of carbonyl (C=O) groups excluding carboxylic acids is 1. The molecule has 0 bridgehead atoms. The summed E-state index contributed by atoms with van der Waals surface area (Å²) in [5, 5.41) is 15.2. The minimum Gasteiger partial charge on any atom is -0.444 e. The molecule has 0 N–H and O–H groups in total. The van der Waals surface area contributed by atoms with Crippen LogP contribution < -0.4 is 0 Å². The van der Waals surface area contributed by atoms with E-state index in [1.165, 1.54) is 12.1 Å². The first kappa shape index (κ1) is 16.0. The zero-order valence-corrected chi connectivity index (χ0v) is 13.7. The lowest BCUT2D eigenvalue weighted by Crippen LogP contribution is -2.33. The van der Waals surface area contributed by atoms with Crippen molar-refractivity contribution in [3.8, 4) is 5.69 Å². The Bertz CT molecular complexity index is 807. The maximum atomic E-state index is 12.2. The van der Waals surface area contributed by atoms with Crippen molar-refractivity contribution in [1.82, 2.24) is 14.7 Å². The van der Waals surface area contributed by atoms with Gasteiger partial charge in [-0.05, 0) is 26.8 Å². The number of aromatic nitrogens is 2. The quantitative estimate of drug-likeness (QED) is 0.623. The van der Waals surface area contributed by atoms with Crippen LogP contribution >= 0.6 is 0 Å². The molecule has 0 saturated heterocycles. The summed E-state index contributed by atoms with van der Waals surface area (Å²) in [5.41, 5.74) is 1.78. The van der Waals surface area contributed by atoms with Crippen LogP contribution in [0.5, 0.6) is 0 Å². The zero-order valence-electron chi connectivity index (χ0n) is 13.7. The third-order valence-electron chi connectivity index (χ3n) is 3.59. The average Bonchev–Trinajstić information content (AvgIpc) is 3.05. The predicted molar refractivity (Wildman–Crippen MR) is 85.7 cm³/mol. The van der Waals surface area contributed by atoms with Gasteiger partial charge in [0.05, 0.1) is 35.6 Å². The molecule has 8 nitrogen and oxygen atoms in total. The number of ether oxygens (including phenoxy) is 1. The summed E-state index contributed by atoms with van der Waals surface area (Å²) in [6, 6.07) is 6.25. The van der Waals surface area contributed by atoms with Crippen LogP contribution in [0.15, 0.2) is 30.5 Å². The van der Waals surface area contributed by atoms with E-state index in [0.717, 1.165) is 11.3 Å². The second kappa shape index (κ2) is 5.63. The first-order chi connectivity index (χ1) is 11.2. The van der Waals surface area contributed by atoms with E-state index in [1.54, 1.807) is 27.9 Å². The molecule has 1 amide bonds. The number of non-ortho nitro benzene ring substituents is 1. The number of hydrogen-bond acceptors (Lipinski definition) is 5. The van der Waals surface area contributed by atoms with Gasteiger partial charge >= 0.3 is 6.09 Å². The summed E-state index contributed by atoms with van der Waals surface area (Å²) in [4.78, 5) is 24.3. The lowest BCUT2D eigenvalue weighted by molar-refractivity contribution is -0.384. The highest BCUT2D eigenvalue weighted by molar-refractivity contribution is 5.69. The van der Waals surface area contributed by atoms with Crippen LogP contribution in [0.1, 0.15) is 32.0 Å². The molecule has 2 aromatic rings. The highest BCUT2D eigenvalue weighted by Crippen LogP contribution is 2.27. The number of hydrogen-bond donors (Lipinski definition) is 0. The van der Waals surface area contributed by atoms with Crippen LogP contribution in [0.4, 0.5) is 10.5 Å². The van der Waals surface area contributed by atoms with Gasteiger partial charge in [-0.2, -0.15) is 5.10 Å². The molecule has 8 heteroatoms. The Morgan fingerprint density at radius 3 is 2.75 bits per heavy atom. The number of nitro groups is 1. The standard InChI is InChI=1S/C16H18N4O4/c1-16(2,3)24-15(21)18-9-11-8-17-19(14(11)10-18)12-5-4-6-13(7-12)20(22)23/h4-8H,9-10H2,1-3H3. The van der Waals surface area contributed by atoms with Crippen LogP contribution in [0.3, 0.4) is 0 Å². The van der Waals surface area contributed by atoms with Crippen LogP contribution in [0.2, 0.25) is 0 Å². The van der Waals surface area contributed by atoms with Crippen molar-refractivity contribution < 1.29 is 14.5 Å². The molecule has 24 heavy (non-hydrogen) atoms. The molecule has 3 rings (SSSR count). The average molecular weight is 330 g/mol. The molecule has 1 aromatic carbocycles. The van der Waals surface area contributed by atoms with E-state index in [9.17, 15) is 14.9 Å². The first-order valence-corrected chi connectivity index (χ1v) is 7.53. The molecule has 2 heterocycles. The molecule has 0 unspecified atom stereocenters. The molecule has 1 aliphatic rings. The Morgan fingerprint density at radius 1 is 1.33 bits per heavy atom. The molecule has 0 fully saturated rings. The summed E-state index contributed by atoms with van der Waals surface area (Å²) in [6.45, 7) is 6.23. The number of fused-ring (bicyclic) bond motifs is 1. The third kappa shape index (κ3) is 3.08. The van der Waals surface area contributed by atoms with Crippen LogP contribution in [0, 0.1) is 10.1 Å². The van der Waals surface area contributed by atoms with Crippen molar-refractivity contribution in [3.05, 3.63) is 51.8 Å². The Hall–Kier alpha value is -2.90. The lowest BCUT2D eigenvalue weighted by atomic mass is 10.2. The maximum Gasteiger partial charge on any atom is 0.410 e. The Balaban J connectivity index is 1.84. The minimum absolute atomic E-state index is 0.00116.